The number of amides is 1. The molecule has 4 rings (SSSR count). The van der Waals surface area contributed by atoms with E-state index in [0.29, 0.717) is 17.9 Å². The fourth-order valence-corrected chi connectivity index (χ4v) is 4.29. The lowest BCUT2D eigenvalue weighted by Gasteiger charge is -2.23. The van der Waals surface area contributed by atoms with E-state index in [9.17, 15) is 19.5 Å². The summed E-state index contributed by atoms with van der Waals surface area (Å²) in [6.07, 6.45) is -0.618. The molecule has 0 bridgehead atoms. The number of aromatic carboxylic acids is 1. The molecule has 4 aromatic rings. The van der Waals surface area contributed by atoms with Crippen LogP contribution in [0.5, 0.6) is 5.75 Å². The van der Waals surface area contributed by atoms with E-state index in [1.165, 1.54) is 12.1 Å². The van der Waals surface area contributed by atoms with Crippen molar-refractivity contribution >= 4 is 18.0 Å². The van der Waals surface area contributed by atoms with Crippen molar-refractivity contribution in [3.8, 4) is 16.9 Å². The van der Waals surface area contributed by atoms with Crippen LogP contribution in [-0.2, 0) is 33.9 Å². The summed E-state index contributed by atoms with van der Waals surface area (Å²) >= 11 is 0. The van der Waals surface area contributed by atoms with Crippen LogP contribution in [0, 0.1) is 0 Å². The summed E-state index contributed by atoms with van der Waals surface area (Å²) in [5.74, 6) is -1.05. The van der Waals surface area contributed by atoms with E-state index < -0.39 is 29.7 Å². The predicted octanol–water partition coefficient (Wildman–Crippen LogP) is 6.81. The molecule has 1 atom stereocenters. The van der Waals surface area contributed by atoms with Crippen molar-refractivity contribution in [1.82, 2.24) is 5.32 Å². The number of carboxylic acid groups (broad SMARTS) is 1. The summed E-state index contributed by atoms with van der Waals surface area (Å²) in [5.41, 5.74) is 3.38. The summed E-state index contributed by atoms with van der Waals surface area (Å²) in [7, 11) is 0. The van der Waals surface area contributed by atoms with Gasteiger partial charge >= 0.3 is 18.0 Å². The molecule has 0 fully saturated rings. The molecule has 43 heavy (non-hydrogen) atoms. The average Bonchev–Trinajstić information content (AvgIpc) is 2.99. The first-order valence-electron chi connectivity index (χ1n) is 13.9. The largest absolute Gasteiger partial charge is 0.488 e. The minimum Gasteiger partial charge on any atom is -0.488 e. The number of ether oxygens (including phenoxy) is 3. The number of carboxylic acids is 1. The van der Waals surface area contributed by atoms with Crippen molar-refractivity contribution in [3.05, 3.63) is 125 Å². The zero-order valence-corrected chi connectivity index (χ0v) is 24.4. The number of hydrogen-bond acceptors (Lipinski definition) is 6. The van der Waals surface area contributed by atoms with E-state index in [2.05, 4.69) is 5.32 Å². The van der Waals surface area contributed by atoms with E-state index in [1.54, 1.807) is 39.0 Å². The Labute approximate surface area is 251 Å². The highest BCUT2D eigenvalue weighted by molar-refractivity contribution is 5.88. The molecule has 222 valence electrons. The number of carbonyl (C=O) groups excluding carboxylic acids is 2. The topological polar surface area (TPSA) is 111 Å². The third-order valence-electron chi connectivity index (χ3n) is 6.36. The standard InChI is InChI=1S/C35H35NO7/c1-35(2,3)43-34(40)36-30(33(39)42-23-25-12-8-5-9-13-25)21-26-14-19-31(41-22-24-10-6-4-7-11-24)29(20-26)27-15-17-28(18-16-27)32(37)38/h4-20,30H,21-23H2,1-3H3,(H,36,40)(H,37,38)/t30-/m0/s1. The highest BCUT2D eigenvalue weighted by atomic mass is 16.6. The SMILES string of the molecule is CC(C)(C)OC(=O)N[C@@H](Cc1ccc(OCc2ccccc2)c(-c2ccc(C(=O)O)cc2)c1)C(=O)OCc1ccccc1. The molecular weight excluding hydrogens is 546 g/mol. The van der Waals surface area contributed by atoms with Crippen molar-refractivity contribution in [2.45, 2.75) is 52.0 Å². The Hall–Kier alpha value is -5.11. The van der Waals surface area contributed by atoms with Gasteiger partial charge in [0.25, 0.3) is 0 Å². The predicted molar refractivity (Wildman–Crippen MR) is 163 cm³/mol. The smallest absolute Gasteiger partial charge is 0.408 e. The van der Waals surface area contributed by atoms with Crippen molar-refractivity contribution in [1.29, 1.82) is 0 Å². The fraction of sp³-hybridized carbons (Fsp3) is 0.229. The number of benzene rings is 4. The molecule has 0 aliphatic heterocycles. The third kappa shape index (κ3) is 9.46. The Kier molecular flexibility index (Phi) is 10.2. The summed E-state index contributed by atoms with van der Waals surface area (Å²) in [6, 6.07) is 29.9. The quantitative estimate of drug-likeness (QED) is 0.187. The van der Waals surface area contributed by atoms with Gasteiger partial charge in [-0.3, -0.25) is 0 Å². The molecule has 0 saturated heterocycles. The Morgan fingerprint density at radius 3 is 1.95 bits per heavy atom. The van der Waals surface area contributed by atoms with Gasteiger partial charge in [-0.15, -0.1) is 0 Å². The molecule has 8 nitrogen and oxygen atoms in total. The summed E-state index contributed by atoms with van der Waals surface area (Å²) in [4.78, 5) is 37.3. The lowest BCUT2D eigenvalue weighted by Crippen LogP contribution is -2.45. The van der Waals surface area contributed by atoms with Gasteiger partial charge in [0.2, 0.25) is 0 Å². The van der Waals surface area contributed by atoms with Crippen LogP contribution < -0.4 is 10.1 Å². The van der Waals surface area contributed by atoms with E-state index in [4.69, 9.17) is 14.2 Å². The number of esters is 1. The molecular formula is C35H35NO7. The van der Waals surface area contributed by atoms with Crippen LogP contribution in [0.3, 0.4) is 0 Å². The van der Waals surface area contributed by atoms with Gasteiger partial charge in [-0.25, -0.2) is 14.4 Å². The monoisotopic (exact) mass is 581 g/mol. The second kappa shape index (κ2) is 14.2. The van der Waals surface area contributed by atoms with Crippen LogP contribution in [0.1, 0.15) is 47.8 Å². The number of nitrogens with one attached hydrogen (secondary N) is 1. The van der Waals surface area contributed by atoms with E-state index in [-0.39, 0.29) is 18.6 Å². The van der Waals surface area contributed by atoms with Gasteiger partial charge in [0, 0.05) is 12.0 Å². The molecule has 1 amide bonds. The summed E-state index contributed by atoms with van der Waals surface area (Å²) in [6.45, 7) is 5.61. The lowest BCUT2D eigenvalue weighted by atomic mass is 9.97. The number of carbonyl (C=O) groups is 3. The second-order valence-electron chi connectivity index (χ2n) is 11.0. The minimum absolute atomic E-state index is 0.0552. The van der Waals surface area contributed by atoms with Crippen LogP contribution in [0.15, 0.2) is 103 Å². The van der Waals surface area contributed by atoms with Crippen molar-refractivity contribution < 1.29 is 33.7 Å². The highest BCUT2D eigenvalue weighted by Gasteiger charge is 2.26. The number of hydrogen-bond donors (Lipinski definition) is 2. The van der Waals surface area contributed by atoms with Crippen molar-refractivity contribution in [3.63, 3.8) is 0 Å². The van der Waals surface area contributed by atoms with Gasteiger partial charge in [-0.05, 0) is 67.3 Å². The number of rotatable bonds is 11. The Morgan fingerprint density at radius 1 is 0.767 bits per heavy atom. The highest BCUT2D eigenvalue weighted by Crippen LogP contribution is 2.32. The van der Waals surface area contributed by atoms with Crippen LogP contribution >= 0.6 is 0 Å². The maximum Gasteiger partial charge on any atom is 0.408 e. The van der Waals surface area contributed by atoms with Crippen LogP contribution in [0.4, 0.5) is 4.79 Å². The zero-order chi connectivity index (χ0) is 30.8. The maximum absolute atomic E-state index is 13.2. The normalized spacial score (nSPS) is 11.7. The lowest BCUT2D eigenvalue weighted by molar-refractivity contribution is -0.147. The molecule has 0 heterocycles. The molecule has 8 heteroatoms. The molecule has 0 unspecified atom stereocenters. The Balaban J connectivity index is 1.61. The Bertz CT molecular complexity index is 1530. The third-order valence-corrected chi connectivity index (χ3v) is 6.36. The van der Waals surface area contributed by atoms with Gasteiger partial charge < -0.3 is 24.6 Å². The van der Waals surface area contributed by atoms with Crippen LogP contribution in [0.2, 0.25) is 0 Å². The van der Waals surface area contributed by atoms with Gasteiger partial charge in [-0.1, -0.05) is 78.9 Å². The summed E-state index contributed by atoms with van der Waals surface area (Å²) < 4.78 is 17.1. The molecule has 0 aliphatic rings. The molecule has 0 radical (unpaired) electrons. The number of alkyl carbamates (subject to hydrolysis) is 1. The average molecular weight is 582 g/mol. The van der Waals surface area contributed by atoms with Crippen LogP contribution in [0.25, 0.3) is 11.1 Å². The molecule has 0 aliphatic carbocycles. The van der Waals surface area contributed by atoms with Gasteiger partial charge in [0.15, 0.2) is 0 Å². The first kappa shape index (κ1) is 30.8. The van der Waals surface area contributed by atoms with E-state index >= 15 is 0 Å². The molecule has 2 N–H and O–H groups in total. The van der Waals surface area contributed by atoms with E-state index in [0.717, 1.165) is 22.3 Å². The van der Waals surface area contributed by atoms with Gasteiger partial charge in [0.05, 0.1) is 5.56 Å². The van der Waals surface area contributed by atoms with Crippen LogP contribution in [-0.4, -0.2) is 34.8 Å². The zero-order valence-electron chi connectivity index (χ0n) is 24.4. The van der Waals surface area contributed by atoms with E-state index in [1.807, 2.05) is 72.8 Å². The first-order chi connectivity index (χ1) is 20.6. The minimum atomic E-state index is -1.03. The second-order valence-corrected chi connectivity index (χ2v) is 11.0. The molecule has 0 aromatic heterocycles. The maximum atomic E-state index is 13.2. The van der Waals surface area contributed by atoms with Gasteiger partial charge in [-0.2, -0.15) is 0 Å². The van der Waals surface area contributed by atoms with Crippen molar-refractivity contribution in [2.24, 2.45) is 0 Å². The fourth-order valence-electron chi connectivity index (χ4n) is 4.29. The summed E-state index contributed by atoms with van der Waals surface area (Å²) in [5, 5.41) is 12.0. The molecule has 4 aromatic carbocycles. The first-order valence-corrected chi connectivity index (χ1v) is 13.9. The molecule has 0 spiro atoms. The van der Waals surface area contributed by atoms with Crippen molar-refractivity contribution in [2.75, 3.05) is 0 Å². The van der Waals surface area contributed by atoms with Gasteiger partial charge in [0.1, 0.15) is 30.6 Å². The Morgan fingerprint density at radius 2 is 1.37 bits per heavy atom. The molecule has 0 saturated carbocycles.